The minimum absolute atomic E-state index is 0.133. The number of hydrogen-bond acceptors (Lipinski definition) is 4. The fraction of sp³-hybridized carbons (Fsp3) is 0.0769. The molecule has 0 amide bonds. The van der Waals surface area contributed by atoms with Crippen LogP contribution in [-0.4, -0.2) is 21.0 Å². The third-order valence-electron chi connectivity index (χ3n) is 2.58. The SMILES string of the molecule is Cc1ccc(-c2cc(C(=O)O)cc([N+](=O)[O-])c2)nc1. The number of hydrogen-bond donors (Lipinski definition) is 1. The van der Waals surface area contributed by atoms with E-state index >= 15 is 0 Å². The molecule has 0 spiro atoms. The van der Waals surface area contributed by atoms with Gasteiger partial charge in [0, 0.05) is 23.9 Å². The van der Waals surface area contributed by atoms with Gasteiger partial charge in [-0.25, -0.2) is 4.79 Å². The molecule has 1 aromatic carbocycles. The van der Waals surface area contributed by atoms with Crippen LogP contribution in [0, 0.1) is 17.0 Å². The third kappa shape index (κ3) is 2.74. The van der Waals surface area contributed by atoms with Crippen molar-refractivity contribution >= 4 is 11.7 Å². The molecule has 2 aromatic rings. The Balaban J connectivity index is 2.59. The number of rotatable bonds is 3. The molecular formula is C13H10N2O4. The molecule has 0 radical (unpaired) electrons. The van der Waals surface area contributed by atoms with E-state index in [1.165, 1.54) is 12.1 Å². The van der Waals surface area contributed by atoms with E-state index in [1.54, 1.807) is 12.3 Å². The van der Waals surface area contributed by atoms with Gasteiger partial charge in [-0.05, 0) is 24.6 Å². The van der Waals surface area contributed by atoms with Crippen molar-refractivity contribution in [1.82, 2.24) is 4.98 Å². The summed E-state index contributed by atoms with van der Waals surface area (Å²) in [6.07, 6.45) is 1.62. The Labute approximate surface area is 108 Å². The number of aryl methyl sites for hydroxylation is 1. The first-order valence-electron chi connectivity index (χ1n) is 5.43. The molecule has 6 nitrogen and oxygen atoms in total. The van der Waals surface area contributed by atoms with Crippen LogP contribution in [0.4, 0.5) is 5.69 Å². The van der Waals surface area contributed by atoms with E-state index < -0.39 is 10.9 Å². The van der Waals surface area contributed by atoms with Crippen molar-refractivity contribution in [2.24, 2.45) is 0 Å². The molecule has 0 fully saturated rings. The maximum absolute atomic E-state index is 11.0. The summed E-state index contributed by atoms with van der Waals surface area (Å²) in [5.74, 6) is -1.21. The van der Waals surface area contributed by atoms with E-state index in [0.29, 0.717) is 11.3 Å². The Morgan fingerprint density at radius 3 is 2.58 bits per heavy atom. The number of non-ortho nitro benzene ring substituents is 1. The maximum atomic E-state index is 11.0. The van der Waals surface area contributed by atoms with Gasteiger partial charge in [-0.2, -0.15) is 0 Å². The van der Waals surface area contributed by atoms with Gasteiger partial charge in [-0.1, -0.05) is 6.07 Å². The van der Waals surface area contributed by atoms with E-state index in [0.717, 1.165) is 11.6 Å². The van der Waals surface area contributed by atoms with Gasteiger partial charge in [0.2, 0.25) is 0 Å². The fourth-order valence-corrected chi connectivity index (χ4v) is 1.63. The highest BCUT2D eigenvalue weighted by molar-refractivity contribution is 5.90. The predicted molar refractivity (Wildman–Crippen MR) is 68.0 cm³/mol. The van der Waals surface area contributed by atoms with Crippen molar-refractivity contribution in [2.45, 2.75) is 6.92 Å². The van der Waals surface area contributed by atoms with E-state index in [4.69, 9.17) is 5.11 Å². The number of nitrogens with zero attached hydrogens (tertiary/aromatic N) is 2. The van der Waals surface area contributed by atoms with Gasteiger partial charge in [-0.3, -0.25) is 15.1 Å². The van der Waals surface area contributed by atoms with Crippen LogP contribution in [0.25, 0.3) is 11.3 Å². The summed E-state index contributed by atoms with van der Waals surface area (Å²) in [6.45, 7) is 1.87. The smallest absolute Gasteiger partial charge is 0.335 e. The molecule has 0 atom stereocenters. The lowest BCUT2D eigenvalue weighted by Gasteiger charge is -2.03. The highest BCUT2D eigenvalue weighted by atomic mass is 16.6. The Morgan fingerprint density at radius 1 is 1.32 bits per heavy atom. The first kappa shape index (κ1) is 12.7. The topological polar surface area (TPSA) is 93.3 Å². The number of carboxylic acids is 1. The van der Waals surface area contributed by atoms with Crippen LogP contribution < -0.4 is 0 Å². The Kier molecular flexibility index (Phi) is 3.24. The molecule has 19 heavy (non-hydrogen) atoms. The van der Waals surface area contributed by atoms with Crippen LogP contribution in [0.3, 0.4) is 0 Å². The molecule has 1 aromatic heterocycles. The van der Waals surface area contributed by atoms with Crippen molar-refractivity contribution in [1.29, 1.82) is 0 Å². The summed E-state index contributed by atoms with van der Waals surface area (Å²) in [6, 6.07) is 7.21. The second-order valence-corrected chi connectivity index (χ2v) is 4.05. The van der Waals surface area contributed by atoms with Crippen LogP contribution in [-0.2, 0) is 0 Å². The van der Waals surface area contributed by atoms with Gasteiger partial charge >= 0.3 is 5.97 Å². The van der Waals surface area contributed by atoms with Crippen LogP contribution >= 0.6 is 0 Å². The molecule has 0 unspecified atom stereocenters. The van der Waals surface area contributed by atoms with Gasteiger partial charge in [-0.15, -0.1) is 0 Å². The summed E-state index contributed by atoms with van der Waals surface area (Å²) < 4.78 is 0. The van der Waals surface area contributed by atoms with Gasteiger partial charge in [0.15, 0.2) is 0 Å². The summed E-state index contributed by atoms with van der Waals surface area (Å²) in [5.41, 5.74) is 1.46. The maximum Gasteiger partial charge on any atom is 0.335 e. The second-order valence-electron chi connectivity index (χ2n) is 4.05. The van der Waals surface area contributed by atoms with E-state index in [1.807, 2.05) is 13.0 Å². The largest absolute Gasteiger partial charge is 0.478 e. The zero-order valence-corrected chi connectivity index (χ0v) is 10.0. The molecular weight excluding hydrogens is 248 g/mol. The highest BCUT2D eigenvalue weighted by Gasteiger charge is 2.15. The first-order valence-corrected chi connectivity index (χ1v) is 5.43. The minimum Gasteiger partial charge on any atom is -0.478 e. The molecule has 96 valence electrons. The molecule has 0 aliphatic carbocycles. The zero-order chi connectivity index (χ0) is 14.0. The predicted octanol–water partition coefficient (Wildman–Crippen LogP) is 2.66. The summed E-state index contributed by atoms with van der Waals surface area (Å²) in [7, 11) is 0. The lowest BCUT2D eigenvalue weighted by atomic mass is 10.1. The molecule has 2 rings (SSSR count). The second kappa shape index (κ2) is 4.85. The average Bonchev–Trinajstić information content (AvgIpc) is 2.39. The van der Waals surface area contributed by atoms with E-state index in [2.05, 4.69) is 4.98 Å². The Hall–Kier alpha value is -2.76. The monoisotopic (exact) mass is 258 g/mol. The van der Waals surface area contributed by atoms with Gasteiger partial charge in [0.05, 0.1) is 16.2 Å². The van der Waals surface area contributed by atoms with Crippen molar-refractivity contribution < 1.29 is 14.8 Å². The number of benzene rings is 1. The first-order chi connectivity index (χ1) is 8.97. The minimum atomic E-state index is -1.21. The highest BCUT2D eigenvalue weighted by Crippen LogP contribution is 2.25. The Morgan fingerprint density at radius 2 is 2.05 bits per heavy atom. The lowest BCUT2D eigenvalue weighted by Crippen LogP contribution is -1.99. The van der Waals surface area contributed by atoms with E-state index in [9.17, 15) is 14.9 Å². The number of carboxylic acid groups (broad SMARTS) is 1. The van der Waals surface area contributed by atoms with E-state index in [-0.39, 0.29) is 11.3 Å². The van der Waals surface area contributed by atoms with Crippen LogP contribution in [0.5, 0.6) is 0 Å². The molecule has 0 saturated heterocycles. The van der Waals surface area contributed by atoms with Crippen molar-refractivity contribution in [3.63, 3.8) is 0 Å². The van der Waals surface area contributed by atoms with Crippen LogP contribution in [0.15, 0.2) is 36.5 Å². The average molecular weight is 258 g/mol. The molecule has 0 bridgehead atoms. The number of aromatic carboxylic acids is 1. The molecule has 6 heteroatoms. The number of carbonyl (C=O) groups is 1. The number of pyridine rings is 1. The lowest BCUT2D eigenvalue weighted by molar-refractivity contribution is -0.384. The molecule has 1 N–H and O–H groups in total. The standard InChI is InChI=1S/C13H10N2O4/c1-8-2-3-12(14-7-8)9-4-10(13(16)17)6-11(5-9)15(18)19/h2-7H,1H3,(H,16,17). The third-order valence-corrected chi connectivity index (χ3v) is 2.58. The van der Waals surface area contributed by atoms with Crippen LogP contribution in [0.2, 0.25) is 0 Å². The Bertz CT molecular complexity index is 618. The van der Waals surface area contributed by atoms with Crippen molar-refractivity contribution in [3.8, 4) is 11.3 Å². The molecule has 0 aliphatic rings. The van der Waals surface area contributed by atoms with Gasteiger partial charge in [0.1, 0.15) is 0 Å². The van der Waals surface area contributed by atoms with Crippen LogP contribution in [0.1, 0.15) is 15.9 Å². The van der Waals surface area contributed by atoms with Gasteiger partial charge in [0.25, 0.3) is 5.69 Å². The molecule has 0 aliphatic heterocycles. The number of nitro benzene ring substituents is 1. The molecule has 1 heterocycles. The molecule has 0 saturated carbocycles. The summed E-state index contributed by atoms with van der Waals surface area (Å²) >= 11 is 0. The van der Waals surface area contributed by atoms with Crippen molar-refractivity contribution in [2.75, 3.05) is 0 Å². The number of nitro groups is 1. The summed E-state index contributed by atoms with van der Waals surface area (Å²) in [4.78, 5) is 25.3. The fourth-order valence-electron chi connectivity index (χ4n) is 1.63. The number of aromatic nitrogens is 1. The quantitative estimate of drug-likeness (QED) is 0.674. The van der Waals surface area contributed by atoms with Crippen molar-refractivity contribution in [3.05, 3.63) is 57.8 Å². The zero-order valence-electron chi connectivity index (χ0n) is 10.0. The van der Waals surface area contributed by atoms with Gasteiger partial charge < -0.3 is 5.11 Å². The normalized spacial score (nSPS) is 10.2. The summed E-state index contributed by atoms with van der Waals surface area (Å²) in [5, 5.41) is 19.8.